The molecule has 0 spiro atoms. The molecule has 2 aromatic heterocycles. The number of rotatable bonds is 6. The molecule has 0 bridgehead atoms. The fourth-order valence-corrected chi connectivity index (χ4v) is 4.43. The van der Waals surface area contributed by atoms with Crippen LogP contribution in [-0.4, -0.2) is 24.5 Å². The molecule has 0 saturated heterocycles. The highest BCUT2D eigenvalue weighted by molar-refractivity contribution is 5.98. The molecule has 2 heterocycles. The van der Waals surface area contributed by atoms with E-state index in [1.165, 1.54) is 53.4 Å². The number of aryl methyl sites for hydroxylation is 2. The third kappa shape index (κ3) is 4.40. The quantitative estimate of drug-likeness (QED) is 0.328. The lowest BCUT2D eigenvalue weighted by Gasteiger charge is -2.13. The molecule has 37 heavy (non-hydrogen) atoms. The number of carbonyl (C=O) groups excluding carboxylic acids is 1. The van der Waals surface area contributed by atoms with Crippen molar-refractivity contribution in [3.05, 3.63) is 128 Å². The van der Waals surface area contributed by atoms with Gasteiger partial charge in [-0.15, -0.1) is 0 Å². The van der Waals surface area contributed by atoms with Crippen molar-refractivity contribution in [2.45, 2.75) is 26.9 Å². The van der Waals surface area contributed by atoms with Gasteiger partial charge in [0.15, 0.2) is 16.9 Å². The van der Waals surface area contributed by atoms with E-state index in [4.69, 9.17) is 0 Å². The highest BCUT2D eigenvalue weighted by atomic mass is 19.1. The van der Waals surface area contributed by atoms with Crippen LogP contribution in [0.5, 0.6) is 0 Å². The molecule has 0 radical (unpaired) electrons. The third-order valence-corrected chi connectivity index (χ3v) is 6.27. The molecule has 0 aliphatic rings. The Kier molecular flexibility index (Phi) is 6.12. The Morgan fingerprint density at radius 3 is 2.38 bits per heavy atom. The number of nitrogens with zero attached hydrogens (tertiary/aromatic N) is 4. The average Bonchev–Trinajstić information content (AvgIpc) is 3.27. The molecule has 5 rings (SSSR count). The van der Waals surface area contributed by atoms with Gasteiger partial charge in [0.1, 0.15) is 11.6 Å². The smallest absolute Gasteiger partial charge is 0.317 e. The summed E-state index contributed by atoms with van der Waals surface area (Å²) in [5.74, 6) is -1.31. The van der Waals surface area contributed by atoms with Crippen LogP contribution in [0.4, 0.5) is 8.78 Å². The highest BCUT2D eigenvalue weighted by Gasteiger charge is 2.22. The summed E-state index contributed by atoms with van der Waals surface area (Å²) in [6.07, 6.45) is 1.32. The molecule has 9 heteroatoms. The standard InChI is InChI=1S/C28H22F2N4O3/c1-17-7-12-22(18(2)13-17)24(35)15-32-16-31-26-25(32)27(36)33(14-19-5-3-4-6-23(19)30)28(37)34(26)21-10-8-20(29)9-11-21/h3-13,16H,14-15H2,1-2H3. The minimum atomic E-state index is -0.765. The molecule has 0 fully saturated rings. The van der Waals surface area contributed by atoms with E-state index in [0.29, 0.717) is 5.56 Å². The van der Waals surface area contributed by atoms with Crippen molar-refractivity contribution in [3.8, 4) is 5.69 Å². The molecule has 7 nitrogen and oxygen atoms in total. The molecule has 0 aliphatic heterocycles. The van der Waals surface area contributed by atoms with Crippen molar-refractivity contribution < 1.29 is 13.6 Å². The summed E-state index contributed by atoms with van der Waals surface area (Å²) < 4.78 is 31.5. The van der Waals surface area contributed by atoms with E-state index >= 15 is 0 Å². The first-order valence-corrected chi connectivity index (χ1v) is 11.5. The van der Waals surface area contributed by atoms with Gasteiger partial charge in [-0.1, -0.05) is 42.0 Å². The summed E-state index contributed by atoms with van der Waals surface area (Å²) in [6, 6.07) is 16.4. The monoisotopic (exact) mass is 500 g/mol. The van der Waals surface area contributed by atoms with Crippen LogP contribution in [0, 0.1) is 25.5 Å². The summed E-state index contributed by atoms with van der Waals surface area (Å²) in [5, 5.41) is 0. The molecule has 3 aromatic carbocycles. The number of hydrogen-bond donors (Lipinski definition) is 0. The Morgan fingerprint density at radius 2 is 1.68 bits per heavy atom. The topological polar surface area (TPSA) is 78.9 Å². The predicted octanol–water partition coefficient (Wildman–Crippen LogP) is 4.18. The van der Waals surface area contributed by atoms with Crippen LogP contribution < -0.4 is 11.2 Å². The summed E-state index contributed by atoms with van der Waals surface area (Å²) >= 11 is 0. The molecule has 0 unspecified atom stereocenters. The van der Waals surface area contributed by atoms with Crippen molar-refractivity contribution in [1.82, 2.24) is 18.7 Å². The molecule has 0 N–H and O–H groups in total. The van der Waals surface area contributed by atoms with E-state index in [-0.39, 0.29) is 41.3 Å². The Labute approximate surface area is 209 Å². The molecule has 5 aromatic rings. The van der Waals surface area contributed by atoms with Gasteiger partial charge in [0.05, 0.1) is 25.1 Å². The maximum absolute atomic E-state index is 14.4. The second-order valence-corrected chi connectivity index (χ2v) is 8.86. The maximum Gasteiger partial charge on any atom is 0.337 e. The van der Waals surface area contributed by atoms with Gasteiger partial charge in [0, 0.05) is 11.1 Å². The minimum absolute atomic E-state index is 0.00150. The van der Waals surface area contributed by atoms with E-state index < -0.39 is 22.9 Å². The number of benzene rings is 3. The second kappa shape index (κ2) is 9.42. The van der Waals surface area contributed by atoms with Gasteiger partial charge in [0.25, 0.3) is 5.56 Å². The molecule has 0 atom stereocenters. The van der Waals surface area contributed by atoms with Crippen molar-refractivity contribution in [2.75, 3.05) is 0 Å². The number of carbonyl (C=O) groups is 1. The molecular formula is C28H22F2N4O3. The fraction of sp³-hybridized carbons (Fsp3) is 0.143. The zero-order chi connectivity index (χ0) is 26.3. The largest absolute Gasteiger partial charge is 0.337 e. The van der Waals surface area contributed by atoms with Crippen molar-refractivity contribution in [3.63, 3.8) is 0 Å². The summed E-state index contributed by atoms with van der Waals surface area (Å²) in [6.45, 7) is 3.23. The minimum Gasteiger partial charge on any atom is -0.317 e. The lowest BCUT2D eigenvalue weighted by atomic mass is 10.0. The van der Waals surface area contributed by atoms with E-state index in [0.717, 1.165) is 20.3 Å². The Hall–Kier alpha value is -4.66. The first kappa shape index (κ1) is 24.1. The Bertz CT molecular complexity index is 1780. The summed E-state index contributed by atoms with van der Waals surface area (Å²) in [7, 11) is 0. The molecule has 0 aliphatic carbocycles. The number of hydrogen-bond acceptors (Lipinski definition) is 4. The van der Waals surface area contributed by atoms with Crippen LogP contribution in [0.15, 0.2) is 82.6 Å². The Balaban J connectivity index is 1.71. The first-order chi connectivity index (χ1) is 17.7. The van der Waals surface area contributed by atoms with Crippen LogP contribution in [-0.2, 0) is 13.1 Å². The van der Waals surface area contributed by atoms with Crippen LogP contribution >= 0.6 is 0 Å². The van der Waals surface area contributed by atoms with Gasteiger partial charge in [-0.2, -0.15) is 0 Å². The SMILES string of the molecule is Cc1ccc(C(=O)Cn2cnc3c2c(=O)n(Cc2ccccc2F)c(=O)n3-c2ccc(F)cc2)c(C)c1. The van der Waals surface area contributed by atoms with Gasteiger partial charge in [0.2, 0.25) is 0 Å². The number of fused-ring (bicyclic) bond motifs is 1. The Morgan fingerprint density at radius 1 is 0.946 bits per heavy atom. The molecule has 186 valence electrons. The number of halogens is 2. The van der Waals surface area contributed by atoms with Crippen LogP contribution in [0.3, 0.4) is 0 Å². The number of ketones is 1. The van der Waals surface area contributed by atoms with Gasteiger partial charge >= 0.3 is 5.69 Å². The maximum atomic E-state index is 14.4. The van der Waals surface area contributed by atoms with E-state index in [1.54, 1.807) is 12.1 Å². The van der Waals surface area contributed by atoms with Gasteiger partial charge < -0.3 is 4.57 Å². The zero-order valence-electron chi connectivity index (χ0n) is 20.1. The zero-order valence-corrected chi connectivity index (χ0v) is 20.1. The van der Waals surface area contributed by atoms with Crippen molar-refractivity contribution in [2.24, 2.45) is 0 Å². The van der Waals surface area contributed by atoms with Crippen LogP contribution in [0.2, 0.25) is 0 Å². The predicted molar refractivity (Wildman–Crippen MR) is 135 cm³/mol. The van der Waals surface area contributed by atoms with Crippen LogP contribution in [0.25, 0.3) is 16.9 Å². The highest BCUT2D eigenvalue weighted by Crippen LogP contribution is 2.17. The van der Waals surface area contributed by atoms with Crippen LogP contribution in [0.1, 0.15) is 27.0 Å². The number of aromatic nitrogens is 4. The summed E-state index contributed by atoms with van der Waals surface area (Å²) in [4.78, 5) is 44.6. The lowest BCUT2D eigenvalue weighted by molar-refractivity contribution is 0.0972. The molecule has 0 saturated carbocycles. The van der Waals surface area contributed by atoms with Gasteiger partial charge in [-0.25, -0.2) is 23.1 Å². The summed E-state index contributed by atoms with van der Waals surface area (Å²) in [5.41, 5.74) is 1.26. The van der Waals surface area contributed by atoms with Gasteiger partial charge in [-0.05, 0) is 49.7 Å². The second-order valence-electron chi connectivity index (χ2n) is 8.86. The van der Waals surface area contributed by atoms with Crippen molar-refractivity contribution in [1.29, 1.82) is 0 Å². The normalized spacial score (nSPS) is 11.2. The van der Waals surface area contributed by atoms with E-state index in [9.17, 15) is 23.2 Å². The van der Waals surface area contributed by atoms with Gasteiger partial charge in [-0.3, -0.25) is 14.2 Å². The first-order valence-electron chi connectivity index (χ1n) is 11.5. The van der Waals surface area contributed by atoms with E-state index in [2.05, 4.69) is 4.98 Å². The third-order valence-electron chi connectivity index (χ3n) is 6.27. The lowest BCUT2D eigenvalue weighted by Crippen LogP contribution is -2.40. The van der Waals surface area contributed by atoms with E-state index in [1.807, 2.05) is 26.0 Å². The molecule has 0 amide bonds. The van der Waals surface area contributed by atoms with Crippen molar-refractivity contribution >= 4 is 16.9 Å². The average molecular weight is 501 g/mol. The number of imidazole rings is 1. The molecular weight excluding hydrogens is 478 g/mol. The number of Topliss-reactive ketones (excluding diaryl/α,β-unsaturated/α-hetero) is 1. The fourth-order valence-electron chi connectivity index (χ4n) is 4.43.